The predicted molar refractivity (Wildman–Crippen MR) is 231 cm³/mol. The molecule has 1 aromatic heterocycles. The van der Waals surface area contributed by atoms with Crippen LogP contribution in [0.1, 0.15) is 84.3 Å². The summed E-state index contributed by atoms with van der Waals surface area (Å²) in [6.45, 7) is 17.9. The summed E-state index contributed by atoms with van der Waals surface area (Å²) in [4.78, 5) is 52.3. The number of nitrogens with one attached hydrogen (secondary N) is 2. The molecule has 0 radical (unpaired) electrons. The Labute approximate surface area is 354 Å². The number of fused-ring (bicyclic) bond motifs is 1. The summed E-state index contributed by atoms with van der Waals surface area (Å²) in [6, 6.07) is 5.17. The third-order valence-corrected chi connectivity index (χ3v) is 14.6. The molecule has 3 aliphatic heterocycles. The lowest BCUT2D eigenvalue weighted by Gasteiger charge is -2.35. The summed E-state index contributed by atoms with van der Waals surface area (Å²) in [5.74, 6) is -1.61. The molecular formula is C46H61N5O8S. The van der Waals surface area contributed by atoms with Crippen molar-refractivity contribution in [3.8, 4) is 11.5 Å². The van der Waals surface area contributed by atoms with Crippen LogP contribution in [0.5, 0.6) is 11.5 Å². The molecule has 3 amide bonds. The van der Waals surface area contributed by atoms with Crippen LogP contribution in [0.3, 0.4) is 0 Å². The Balaban J connectivity index is 1.20. The topological polar surface area (TPSA) is 160 Å². The highest BCUT2D eigenvalue weighted by Crippen LogP contribution is 2.42. The Hall–Kier alpha value is -4.53. The van der Waals surface area contributed by atoms with Crippen molar-refractivity contribution in [2.75, 3.05) is 26.7 Å². The zero-order chi connectivity index (χ0) is 42.9. The fraction of sp³-hybridized carbons (Fsp3) is 0.565. The summed E-state index contributed by atoms with van der Waals surface area (Å²) in [6.07, 6.45) is 15.4. The molecule has 8 atom stereocenters. The quantitative estimate of drug-likeness (QED) is 0.157. The zero-order valence-electron chi connectivity index (χ0n) is 35.5. The molecule has 60 heavy (non-hydrogen) atoms. The molecule has 6 unspecified atom stereocenters. The average molecular weight is 844 g/mol. The number of allylic oxidation sites excluding steroid dienone is 4. The number of rotatable bonds is 16. The van der Waals surface area contributed by atoms with Gasteiger partial charge in [0.05, 0.1) is 30.1 Å². The summed E-state index contributed by atoms with van der Waals surface area (Å²) in [7, 11) is -2.32. The number of ether oxygens (including phenoxy) is 3. The van der Waals surface area contributed by atoms with Crippen molar-refractivity contribution in [1.29, 1.82) is 0 Å². The van der Waals surface area contributed by atoms with E-state index in [-0.39, 0.29) is 43.0 Å². The number of carbonyl (C=O) groups is 3. The first kappa shape index (κ1) is 43.6. The van der Waals surface area contributed by atoms with Crippen LogP contribution in [0.4, 0.5) is 0 Å². The number of hydrogen-bond donors (Lipinski definition) is 2. The summed E-state index contributed by atoms with van der Waals surface area (Å²) >= 11 is 0. The number of amides is 3. The number of benzene rings is 1. The van der Waals surface area contributed by atoms with Crippen LogP contribution < -0.4 is 19.5 Å². The minimum Gasteiger partial charge on any atom is -0.497 e. The SMILES string of the molecule is C=CC(C=C)C(NC(=O)[C@H]1CC(Oc2cc(C3C=CC=CC3C)nc3cc(OC)ccc23)CN1C(=O)[C@H](CC1OC1N1CCCCC1)C(C)(C)C)C(=O)NS(=O)(=O)C1CC1. The number of likely N-dealkylation sites (tertiary alicyclic amines) is 2. The van der Waals surface area contributed by atoms with E-state index in [4.69, 9.17) is 19.2 Å². The van der Waals surface area contributed by atoms with Crippen molar-refractivity contribution >= 4 is 38.6 Å². The highest BCUT2D eigenvalue weighted by Gasteiger charge is 2.51. The summed E-state index contributed by atoms with van der Waals surface area (Å²) in [5, 5.41) is 2.92. The van der Waals surface area contributed by atoms with Crippen LogP contribution in [-0.2, 0) is 29.1 Å². The number of pyridine rings is 1. The second kappa shape index (κ2) is 17.8. The maximum atomic E-state index is 15.1. The number of nitrogens with zero attached hydrogens (tertiary/aromatic N) is 3. The van der Waals surface area contributed by atoms with E-state index in [1.165, 1.54) is 18.6 Å². The highest BCUT2D eigenvalue weighted by atomic mass is 32.2. The molecule has 2 aliphatic carbocycles. The fourth-order valence-electron chi connectivity index (χ4n) is 8.91. The molecule has 3 saturated heterocycles. The van der Waals surface area contributed by atoms with E-state index in [1.807, 2.05) is 57.2 Å². The highest BCUT2D eigenvalue weighted by molar-refractivity contribution is 7.90. The Kier molecular flexibility index (Phi) is 12.9. The molecule has 1 saturated carbocycles. The smallest absolute Gasteiger partial charge is 0.256 e. The van der Waals surface area contributed by atoms with Crippen molar-refractivity contribution in [3.05, 3.63) is 79.6 Å². The van der Waals surface area contributed by atoms with Gasteiger partial charge in [-0.15, -0.1) is 13.2 Å². The Morgan fingerprint density at radius 1 is 1.05 bits per heavy atom. The maximum Gasteiger partial charge on any atom is 0.256 e. The Morgan fingerprint density at radius 2 is 1.77 bits per heavy atom. The minimum atomic E-state index is -3.93. The van der Waals surface area contributed by atoms with Gasteiger partial charge in [0, 0.05) is 54.8 Å². The van der Waals surface area contributed by atoms with Crippen LogP contribution in [0.25, 0.3) is 10.9 Å². The third-order valence-electron chi connectivity index (χ3n) is 12.7. The molecule has 2 N–H and O–H groups in total. The van der Waals surface area contributed by atoms with Gasteiger partial charge in [0.1, 0.15) is 42.0 Å². The van der Waals surface area contributed by atoms with Gasteiger partial charge in [0.15, 0.2) is 0 Å². The fourth-order valence-corrected chi connectivity index (χ4v) is 10.2. The maximum absolute atomic E-state index is 15.1. The van der Waals surface area contributed by atoms with Crippen molar-refractivity contribution in [2.45, 2.75) is 114 Å². The summed E-state index contributed by atoms with van der Waals surface area (Å²) < 4.78 is 46.5. The Morgan fingerprint density at radius 3 is 2.42 bits per heavy atom. The standard InChI is InChI=1S/C46H61N5O8S/c1-8-29(9-2)41(43(53)49-60(55,56)32-18-19-32)48-42(52)38-24-31(27-51(38)44(54)35(46(4,5)6)25-40-45(59-40)50-21-13-10-14-22-50)58-39-26-37(33-16-12-11-15-28(33)3)47-36-23-30(57-7)17-20-34(36)39/h8-9,11-12,15-17,20,23,26,28-29,31-33,35,38,40-41,45H,1-2,10,13-14,18-19,21-22,24-25,27H2,3-7H3,(H,48,52)(H,49,53)/t28?,31?,33?,35-,38+,40?,41?,45?/m0/s1. The summed E-state index contributed by atoms with van der Waals surface area (Å²) in [5.41, 5.74) is 1.02. The van der Waals surface area contributed by atoms with Gasteiger partial charge in [-0.2, -0.15) is 0 Å². The number of hydrogen-bond acceptors (Lipinski definition) is 10. The number of piperidine rings is 1. The number of sulfonamides is 1. The van der Waals surface area contributed by atoms with Crippen molar-refractivity contribution in [2.24, 2.45) is 23.2 Å². The molecule has 0 spiro atoms. The zero-order valence-corrected chi connectivity index (χ0v) is 36.4. The van der Waals surface area contributed by atoms with Gasteiger partial charge in [-0.25, -0.2) is 8.42 Å². The molecule has 324 valence electrons. The van der Waals surface area contributed by atoms with Crippen LogP contribution in [0, 0.1) is 23.2 Å². The number of aromatic nitrogens is 1. The number of methoxy groups -OCH3 is 1. The van der Waals surface area contributed by atoms with E-state index in [2.05, 4.69) is 47.2 Å². The van der Waals surface area contributed by atoms with Crippen LogP contribution in [0.2, 0.25) is 0 Å². The van der Waals surface area contributed by atoms with Gasteiger partial charge in [-0.05, 0) is 55.6 Å². The van der Waals surface area contributed by atoms with E-state index in [0.717, 1.165) is 37.0 Å². The van der Waals surface area contributed by atoms with E-state index in [9.17, 15) is 18.0 Å². The monoisotopic (exact) mass is 843 g/mol. The van der Waals surface area contributed by atoms with E-state index >= 15 is 4.79 Å². The van der Waals surface area contributed by atoms with Crippen molar-refractivity contribution in [1.82, 2.24) is 24.8 Å². The van der Waals surface area contributed by atoms with E-state index < -0.39 is 62.5 Å². The molecule has 4 heterocycles. The van der Waals surface area contributed by atoms with Gasteiger partial charge in [0.25, 0.3) is 5.91 Å². The molecule has 13 nitrogen and oxygen atoms in total. The molecule has 4 fully saturated rings. The average Bonchev–Trinajstić information content (AvgIpc) is 4.17. The number of carbonyl (C=O) groups excluding carboxylic acids is 3. The normalized spacial score (nSPS) is 26.7. The molecule has 0 bridgehead atoms. The molecule has 2 aromatic rings. The van der Waals surface area contributed by atoms with Crippen molar-refractivity contribution < 1.29 is 37.0 Å². The minimum absolute atomic E-state index is 0.00597. The first-order valence-electron chi connectivity index (χ1n) is 21.4. The second-order valence-electron chi connectivity index (χ2n) is 18.1. The van der Waals surface area contributed by atoms with Gasteiger partial charge >= 0.3 is 0 Å². The molecular weight excluding hydrogens is 783 g/mol. The van der Waals surface area contributed by atoms with Crippen LogP contribution in [0.15, 0.2) is 73.9 Å². The molecule has 1 aromatic carbocycles. The molecule has 7 rings (SSSR count). The van der Waals surface area contributed by atoms with Crippen LogP contribution >= 0.6 is 0 Å². The third kappa shape index (κ3) is 9.66. The predicted octanol–water partition coefficient (Wildman–Crippen LogP) is 5.78. The first-order valence-corrected chi connectivity index (χ1v) is 23.0. The van der Waals surface area contributed by atoms with E-state index in [1.54, 1.807) is 12.0 Å². The second-order valence-corrected chi connectivity index (χ2v) is 20.1. The molecule has 5 aliphatic rings. The largest absolute Gasteiger partial charge is 0.497 e. The lowest BCUT2D eigenvalue weighted by molar-refractivity contribution is -0.145. The Bertz CT molecular complexity index is 2130. The van der Waals surface area contributed by atoms with E-state index in [0.29, 0.717) is 36.3 Å². The van der Waals surface area contributed by atoms with Gasteiger partial charge < -0.3 is 24.4 Å². The first-order chi connectivity index (χ1) is 28.6. The lowest BCUT2D eigenvalue weighted by atomic mass is 9.77. The van der Waals surface area contributed by atoms with Gasteiger partial charge in [0.2, 0.25) is 21.8 Å². The number of epoxide rings is 1. The van der Waals surface area contributed by atoms with Crippen molar-refractivity contribution in [3.63, 3.8) is 0 Å². The molecule has 14 heteroatoms. The van der Waals surface area contributed by atoms with Gasteiger partial charge in [-0.1, -0.05) is 70.6 Å². The van der Waals surface area contributed by atoms with Crippen LogP contribution in [-0.4, -0.2) is 103 Å². The lowest BCUT2D eigenvalue weighted by Crippen LogP contribution is -2.57. The van der Waals surface area contributed by atoms with Gasteiger partial charge in [-0.3, -0.25) is 29.0 Å².